The number of carbonyl (C=O) groups is 1. The largest absolute Gasteiger partial charge is 0.573 e. The van der Waals surface area contributed by atoms with Gasteiger partial charge < -0.3 is 9.53 Å². The van der Waals surface area contributed by atoms with Crippen molar-refractivity contribution >= 4 is 28.9 Å². The Bertz CT molecular complexity index is 377. The van der Waals surface area contributed by atoms with Crippen molar-refractivity contribution in [2.75, 3.05) is 0 Å². The minimum Gasteiger partial charge on any atom is -0.406 e. The lowest BCUT2D eigenvalue weighted by molar-refractivity contribution is -0.274. The van der Waals surface area contributed by atoms with Crippen molar-refractivity contribution in [1.29, 1.82) is 0 Å². The number of rotatable bonds is 4. The van der Waals surface area contributed by atoms with Crippen LogP contribution in [-0.2, 0) is 11.2 Å². The second kappa shape index (κ2) is 5.51. The van der Waals surface area contributed by atoms with E-state index in [0.29, 0.717) is 15.6 Å². The number of hydrogen-bond donors (Lipinski definition) is 0. The van der Waals surface area contributed by atoms with Crippen LogP contribution in [0.3, 0.4) is 0 Å². The van der Waals surface area contributed by atoms with Gasteiger partial charge in [0.1, 0.15) is 12.0 Å². The first-order valence-corrected chi connectivity index (χ1v) is 5.47. The van der Waals surface area contributed by atoms with E-state index in [0.717, 1.165) is 6.29 Å². The molecule has 1 rings (SSSR count). The third kappa shape index (κ3) is 4.82. The topological polar surface area (TPSA) is 26.3 Å². The van der Waals surface area contributed by atoms with E-state index >= 15 is 0 Å². The summed E-state index contributed by atoms with van der Waals surface area (Å²) in [6.07, 6.45) is -3.27. The van der Waals surface area contributed by atoms with Crippen LogP contribution in [0.15, 0.2) is 18.2 Å². The molecule has 88 valence electrons. The van der Waals surface area contributed by atoms with Gasteiger partial charge in [-0.05, 0) is 52.8 Å². The molecule has 0 N–H and O–H groups in total. The fourth-order valence-corrected chi connectivity index (χ4v) is 1.89. The maximum absolute atomic E-state index is 12.0. The van der Waals surface area contributed by atoms with E-state index in [4.69, 9.17) is 0 Å². The highest BCUT2D eigenvalue weighted by Gasteiger charge is 2.31. The van der Waals surface area contributed by atoms with Gasteiger partial charge in [-0.2, -0.15) is 0 Å². The number of halogens is 4. The van der Waals surface area contributed by atoms with E-state index in [1.54, 1.807) is 6.07 Å². The molecule has 0 aliphatic rings. The van der Waals surface area contributed by atoms with Crippen LogP contribution in [0.25, 0.3) is 0 Å². The molecule has 0 atom stereocenters. The summed E-state index contributed by atoms with van der Waals surface area (Å²) in [7, 11) is 0. The van der Waals surface area contributed by atoms with Gasteiger partial charge in [0, 0.05) is 9.99 Å². The lowest BCUT2D eigenvalue weighted by Crippen LogP contribution is -2.17. The van der Waals surface area contributed by atoms with Crippen LogP contribution in [0.1, 0.15) is 12.0 Å². The number of alkyl halides is 3. The van der Waals surface area contributed by atoms with Crippen LogP contribution in [0.5, 0.6) is 5.75 Å². The van der Waals surface area contributed by atoms with Gasteiger partial charge in [-0.3, -0.25) is 0 Å². The fourth-order valence-electron chi connectivity index (χ4n) is 1.18. The van der Waals surface area contributed by atoms with Crippen LogP contribution >= 0.6 is 22.6 Å². The highest BCUT2D eigenvalue weighted by Crippen LogP contribution is 2.26. The third-order valence-electron chi connectivity index (χ3n) is 1.72. The zero-order chi connectivity index (χ0) is 12.2. The molecule has 2 nitrogen and oxygen atoms in total. The Kier molecular flexibility index (Phi) is 4.57. The van der Waals surface area contributed by atoms with E-state index in [2.05, 4.69) is 4.74 Å². The zero-order valence-electron chi connectivity index (χ0n) is 8.05. The predicted octanol–water partition coefficient (Wildman–Crippen LogP) is 3.32. The van der Waals surface area contributed by atoms with Gasteiger partial charge in [-0.25, -0.2) is 0 Å². The van der Waals surface area contributed by atoms with E-state index in [1.165, 1.54) is 12.1 Å². The molecular formula is C10H8F3IO2. The first-order chi connectivity index (χ1) is 7.40. The first kappa shape index (κ1) is 13.3. The highest BCUT2D eigenvalue weighted by molar-refractivity contribution is 14.1. The number of carbonyl (C=O) groups excluding carboxylic acids is 1. The van der Waals surface area contributed by atoms with Gasteiger partial charge in [-0.15, -0.1) is 13.2 Å². The summed E-state index contributed by atoms with van der Waals surface area (Å²) in [6, 6.07) is 4.30. The van der Waals surface area contributed by atoms with Gasteiger partial charge >= 0.3 is 6.36 Å². The van der Waals surface area contributed by atoms with Crippen molar-refractivity contribution in [3.05, 3.63) is 27.3 Å². The summed E-state index contributed by atoms with van der Waals surface area (Å²) >= 11 is 1.90. The molecule has 1 aromatic rings. The molecule has 0 heterocycles. The molecular weight excluding hydrogens is 336 g/mol. The monoisotopic (exact) mass is 344 g/mol. The van der Waals surface area contributed by atoms with Crippen LogP contribution in [0.2, 0.25) is 0 Å². The maximum Gasteiger partial charge on any atom is 0.573 e. The Morgan fingerprint density at radius 1 is 1.31 bits per heavy atom. The lowest BCUT2D eigenvalue weighted by atomic mass is 10.1. The van der Waals surface area contributed by atoms with Crippen molar-refractivity contribution < 1.29 is 22.7 Å². The van der Waals surface area contributed by atoms with Gasteiger partial charge in [0.2, 0.25) is 0 Å². The maximum atomic E-state index is 12.0. The van der Waals surface area contributed by atoms with Crippen LogP contribution in [0, 0.1) is 3.57 Å². The molecule has 0 amide bonds. The molecule has 0 saturated heterocycles. The Balaban J connectivity index is 2.85. The molecule has 0 radical (unpaired) electrons. The molecule has 0 saturated carbocycles. The van der Waals surface area contributed by atoms with Crippen molar-refractivity contribution in [3.8, 4) is 5.75 Å². The molecule has 0 aliphatic carbocycles. The Morgan fingerprint density at radius 2 is 2.00 bits per heavy atom. The standard InChI is InChI=1S/C10H8F3IO2/c11-10(12,13)16-9-5-7(2-1-3-15)4-8(14)6-9/h3-6H,1-2H2. The first-order valence-electron chi connectivity index (χ1n) is 4.39. The van der Waals surface area contributed by atoms with E-state index < -0.39 is 6.36 Å². The smallest absolute Gasteiger partial charge is 0.406 e. The molecule has 0 spiro atoms. The Hall–Kier alpha value is -0.790. The average molecular weight is 344 g/mol. The van der Waals surface area contributed by atoms with Crippen molar-refractivity contribution in [3.63, 3.8) is 0 Å². The summed E-state index contributed by atoms with van der Waals surface area (Å²) in [5.74, 6) is -0.250. The van der Waals surface area contributed by atoms with Gasteiger partial charge in [0.05, 0.1) is 0 Å². The Labute approximate surface area is 104 Å². The number of hydrogen-bond acceptors (Lipinski definition) is 2. The molecule has 16 heavy (non-hydrogen) atoms. The molecule has 0 fully saturated rings. The minimum atomic E-state index is -4.69. The summed E-state index contributed by atoms with van der Waals surface area (Å²) in [6.45, 7) is 0. The summed E-state index contributed by atoms with van der Waals surface area (Å²) < 4.78 is 40.4. The molecule has 1 aromatic carbocycles. The normalized spacial score (nSPS) is 11.2. The van der Waals surface area contributed by atoms with Crippen molar-refractivity contribution in [2.24, 2.45) is 0 Å². The van der Waals surface area contributed by atoms with Gasteiger partial charge in [-0.1, -0.05) is 0 Å². The SMILES string of the molecule is O=CCCc1cc(I)cc(OC(F)(F)F)c1. The molecule has 0 aliphatic heterocycles. The summed E-state index contributed by atoms with van der Waals surface area (Å²) in [5.41, 5.74) is 0.651. The molecule has 0 aromatic heterocycles. The number of benzene rings is 1. The van der Waals surface area contributed by atoms with Crippen molar-refractivity contribution in [1.82, 2.24) is 0 Å². The van der Waals surface area contributed by atoms with Gasteiger partial charge in [0.25, 0.3) is 0 Å². The zero-order valence-corrected chi connectivity index (χ0v) is 10.2. The second-order valence-corrected chi connectivity index (χ2v) is 4.29. The van der Waals surface area contributed by atoms with Crippen molar-refractivity contribution in [2.45, 2.75) is 19.2 Å². The molecule has 0 bridgehead atoms. The quantitative estimate of drug-likeness (QED) is 0.619. The summed E-state index contributed by atoms with van der Waals surface area (Å²) in [5, 5.41) is 0. The lowest BCUT2D eigenvalue weighted by Gasteiger charge is -2.10. The number of aryl methyl sites for hydroxylation is 1. The summed E-state index contributed by atoms with van der Waals surface area (Å²) in [4.78, 5) is 10.2. The van der Waals surface area contributed by atoms with Gasteiger partial charge in [0.15, 0.2) is 0 Å². The second-order valence-electron chi connectivity index (χ2n) is 3.05. The number of ether oxygens (including phenoxy) is 1. The van der Waals surface area contributed by atoms with Crippen LogP contribution in [-0.4, -0.2) is 12.6 Å². The minimum absolute atomic E-state index is 0.250. The van der Waals surface area contributed by atoms with Crippen LogP contribution in [0.4, 0.5) is 13.2 Å². The highest BCUT2D eigenvalue weighted by atomic mass is 127. The third-order valence-corrected chi connectivity index (χ3v) is 2.34. The average Bonchev–Trinajstić information content (AvgIpc) is 2.10. The fraction of sp³-hybridized carbons (Fsp3) is 0.300. The Morgan fingerprint density at radius 3 is 2.56 bits per heavy atom. The molecule has 6 heteroatoms. The van der Waals surface area contributed by atoms with E-state index in [1.807, 2.05) is 22.6 Å². The molecule has 0 unspecified atom stereocenters. The van der Waals surface area contributed by atoms with E-state index in [9.17, 15) is 18.0 Å². The van der Waals surface area contributed by atoms with Crippen LogP contribution < -0.4 is 4.74 Å². The van der Waals surface area contributed by atoms with E-state index in [-0.39, 0.29) is 12.2 Å². The predicted molar refractivity (Wildman–Crippen MR) is 60.2 cm³/mol. The number of aldehydes is 1.